The minimum absolute atomic E-state index is 0.0737. The monoisotopic (exact) mass is 359 g/mol. The number of fused-ring (bicyclic) bond motifs is 2. The van der Waals surface area contributed by atoms with Crippen LogP contribution in [0.4, 0.5) is 5.69 Å². The van der Waals surface area contributed by atoms with Gasteiger partial charge in [0.05, 0.1) is 10.4 Å². The Labute approximate surface area is 144 Å². The molecule has 2 aromatic carbocycles. The van der Waals surface area contributed by atoms with Crippen LogP contribution in [0, 0.1) is 0 Å². The number of anilines is 1. The molecule has 130 valence electrons. The van der Waals surface area contributed by atoms with E-state index in [0.717, 1.165) is 18.7 Å². The first-order valence-electron chi connectivity index (χ1n) is 7.98. The zero-order valence-corrected chi connectivity index (χ0v) is 14.2. The summed E-state index contributed by atoms with van der Waals surface area (Å²) < 4.78 is 32.4. The van der Waals surface area contributed by atoms with Crippen LogP contribution in [0.15, 0.2) is 56.6 Å². The molecule has 4 rings (SSSR count). The SMILES string of the molecule is O=c1[nH]c2ccc(S(=O)(=O)NCCN3CCc4ccccc43)cc2o1. The van der Waals surface area contributed by atoms with Gasteiger partial charge in [0.1, 0.15) is 0 Å². The third kappa shape index (κ3) is 3.06. The van der Waals surface area contributed by atoms with Crippen LogP contribution in [0.5, 0.6) is 0 Å². The zero-order chi connectivity index (χ0) is 17.4. The van der Waals surface area contributed by atoms with Crippen LogP contribution in [0.2, 0.25) is 0 Å². The summed E-state index contributed by atoms with van der Waals surface area (Å²) in [6.45, 7) is 1.78. The average molecular weight is 359 g/mol. The van der Waals surface area contributed by atoms with Crippen molar-refractivity contribution in [2.45, 2.75) is 11.3 Å². The van der Waals surface area contributed by atoms with Gasteiger partial charge in [-0.15, -0.1) is 0 Å². The molecular formula is C17H17N3O4S. The molecule has 0 radical (unpaired) electrons. The van der Waals surface area contributed by atoms with Crippen LogP contribution in [0.25, 0.3) is 11.1 Å². The Morgan fingerprint density at radius 1 is 1.20 bits per heavy atom. The molecule has 0 spiro atoms. The van der Waals surface area contributed by atoms with E-state index in [9.17, 15) is 13.2 Å². The molecule has 0 saturated heterocycles. The van der Waals surface area contributed by atoms with Crippen molar-refractivity contribution in [2.75, 3.05) is 24.5 Å². The quantitative estimate of drug-likeness (QED) is 0.719. The summed E-state index contributed by atoms with van der Waals surface area (Å²) in [5.41, 5.74) is 3.15. The third-order valence-electron chi connectivity index (χ3n) is 4.36. The van der Waals surface area contributed by atoms with Crippen LogP contribution in [0.3, 0.4) is 0 Å². The molecule has 1 aliphatic rings. The Hall–Kier alpha value is -2.58. The molecule has 1 aliphatic heterocycles. The average Bonchev–Trinajstić information content (AvgIpc) is 3.16. The van der Waals surface area contributed by atoms with Crippen LogP contribution in [0.1, 0.15) is 5.56 Å². The van der Waals surface area contributed by atoms with Gasteiger partial charge in [0.15, 0.2) is 5.58 Å². The van der Waals surface area contributed by atoms with Crippen molar-refractivity contribution in [3.8, 4) is 0 Å². The first-order chi connectivity index (χ1) is 12.0. The fourth-order valence-corrected chi connectivity index (χ4v) is 4.17. The summed E-state index contributed by atoms with van der Waals surface area (Å²) in [6.07, 6.45) is 0.978. The van der Waals surface area contributed by atoms with Gasteiger partial charge in [-0.3, -0.25) is 4.98 Å². The number of hydrogen-bond donors (Lipinski definition) is 2. The van der Waals surface area contributed by atoms with Gasteiger partial charge in [0.25, 0.3) is 0 Å². The number of nitrogens with one attached hydrogen (secondary N) is 2. The predicted molar refractivity (Wildman–Crippen MR) is 94.4 cm³/mol. The Morgan fingerprint density at radius 3 is 2.92 bits per heavy atom. The molecule has 7 nitrogen and oxygen atoms in total. The second-order valence-corrected chi connectivity index (χ2v) is 7.70. The van der Waals surface area contributed by atoms with E-state index >= 15 is 0 Å². The summed E-state index contributed by atoms with van der Waals surface area (Å²) in [7, 11) is -3.66. The van der Waals surface area contributed by atoms with Gasteiger partial charge < -0.3 is 9.32 Å². The van der Waals surface area contributed by atoms with Crippen molar-refractivity contribution in [2.24, 2.45) is 0 Å². The van der Waals surface area contributed by atoms with Gasteiger partial charge >= 0.3 is 5.76 Å². The number of aromatic nitrogens is 1. The fraction of sp³-hybridized carbons (Fsp3) is 0.235. The Morgan fingerprint density at radius 2 is 2.04 bits per heavy atom. The standard InChI is InChI=1S/C17H17N3O4S/c21-17-19-14-6-5-13(11-16(14)24-17)25(22,23)18-8-10-20-9-7-12-3-1-2-4-15(12)20/h1-6,11,18H,7-10H2,(H,19,21). The van der Waals surface area contributed by atoms with E-state index in [1.165, 1.54) is 23.8 Å². The largest absolute Gasteiger partial charge is 0.417 e. The number of aromatic amines is 1. The fourth-order valence-electron chi connectivity index (χ4n) is 3.13. The molecule has 0 saturated carbocycles. The van der Waals surface area contributed by atoms with E-state index in [2.05, 4.69) is 26.7 Å². The Bertz CT molecular complexity index is 1080. The van der Waals surface area contributed by atoms with Crippen molar-refractivity contribution in [3.05, 3.63) is 58.6 Å². The van der Waals surface area contributed by atoms with Gasteiger partial charge in [0, 0.05) is 31.4 Å². The molecule has 8 heteroatoms. The van der Waals surface area contributed by atoms with Crippen molar-refractivity contribution in [1.29, 1.82) is 0 Å². The van der Waals surface area contributed by atoms with Gasteiger partial charge in [-0.05, 0) is 30.2 Å². The normalized spacial score (nSPS) is 14.2. The molecule has 1 aromatic heterocycles. The Balaban J connectivity index is 1.45. The highest BCUT2D eigenvalue weighted by molar-refractivity contribution is 7.89. The number of para-hydroxylation sites is 1. The highest BCUT2D eigenvalue weighted by Gasteiger charge is 2.20. The molecule has 0 atom stereocenters. The number of oxazole rings is 1. The molecule has 3 aromatic rings. The maximum absolute atomic E-state index is 12.4. The highest BCUT2D eigenvalue weighted by Crippen LogP contribution is 2.26. The molecular weight excluding hydrogens is 342 g/mol. The van der Waals surface area contributed by atoms with E-state index in [0.29, 0.717) is 18.6 Å². The second-order valence-electron chi connectivity index (χ2n) is 5.94. The summed E-state index contributed by atoms with van der Waals surface area (Å²) in [5.74, 6) is -0.606. The van der Waals surface area contributed by atoms with E-state index in [1.54, 1.807) is 0 Å². The van der Waals surface area contributed by atoms with Crippen LogP contribution in [-0.2, 0) is 16.4 Å². The molecule has 2 heterocycles. The van der Waals surface area contributed by atoms with Gasteiger partial charge in [0.2, 0.25) is 10.0 Å². The number of rotatable bonds is 5. The van der Waals surface area contributed by atoms with Crippen molar-refractivity contribution in [3.63, 3.8) is 0 Å². The number of hydrogen-bond acceptors (Lipinski definition) is 5. The summed E-state index contributed by atoms with van der Waals surface area (Å²) in [4.78, 5) is 15.9. The van der Waals surface area contributed by atoms with E-state index < -0.39 is 15.8 Å². The first kappa shape index (κ1) is 15.9. The minimum atomic E-state index is -3.66. The predicted octanol–water partition coefficient (Wildman–Crippen LogP) is 1.46. The summed E-state index contributed by atoms with van der Waals surface area (Å²) in [5, 5.41) is 0. The zero-order valence-electron chi connectivity index (χ0n) is 13.4. The van der Waals surface area contributed by atoms with Crippen molar-refractivity contribution in [1.82, 2.24) is 9.71 Å². The molecule has 0 bridgehead atoms. The first-order valence-corrected chi connectivity index (χ1v) is 9.47. The highest BCUT2D eigenvalue weighted by atomic mass is 32.2. The molecule has 0 fully saturated rings. The van der Waals surface area contributed by atoms with E-state index in [4.69, 9.17) is 4.42 Å². The number of sulfonamides is 1. The van der Waals surface area contributed by atoms with E-state index in [1.807, 2.05) is 12.1 Å². The lowest BCUT2D eigenvalue weighted by atomic mass is 10.2. The lowest BCUT2D eigenvalue weighted by Gasteiger charge is -2.19. The molecule has 25 heavy (non-hydrogen) atoms. The topological polar surface area (TPSA) is 95.4 Å². The maximum Gasteiger partial charge on any atom is 0.417 e. The molecule has 0 unspecified atom stereocenters. The Kier molecular flexibility index (Phi) is 3.85. The molecule has 0 amide bonds. The molecule has 0 aliphatic carbocycles. The summed E-state index contributed by atoms with van der Waals surface area (Å²) >= 11 is 0. The number of benzene rings is 2. The van der Waals surface area contributed by atoms with Crippen molar-refractivity contribution < 1.29 is 12.8 Å². The van der Waals surface area contributed by atoms with Crippen LogP contribution >= 0.6 is 0 Å². The minimum Gasteiger partial charge on any atom is -0.408 e. The summed E-state index contributed by atoms with van der Waals surface area (Å²) in [6, 6.07) is 12.5. The maximum atomic E-state index is 12.4. The van der Waals surface area contributed by atoms with Crippen molar-refractivity contribution >= 4 is 26.8 Å². The van der Waals surface area contributed by atoms with E-state index in [-0.39, 0.29) is 10.5 Å². The lowest BCUT2D eigenvalue weighted by Crippen LogP contribution is -2.34. The number of nitrogens with zero attached hydrogens (tertiary/aromatic N) is 1. The lowest BCUT2D eigenvalue weighted by molar-refractivity contribution is 0.553. The molecule has 2 N–H and O–H groups in total. The van der Waals surface area contributed by atoms with Crippen LogP contribution in [-0.4, -0.2) is 33.0 Å². The van der Waals surface area contributed by atoms with Gasteiger partial charge in [-0.1, -0.05) is 18.2 Å². The third-order valence-corrected chi connectivity index (χ3v) is 5.82. The van der Waals surface area contributed by atoms with Gasteiger partial charge in [-0.25, -0.2) is 17.9 Å². The second kappa shape index (κ2) is 6.05. The number of H-pyrrole nitrogens is 1. The van der Waals surface area contributed by atoms with Crippen LogP contribution < -0.4 is 15.4 Å². The smallest absolute Gasteiger partial charge is 0.408 e. The van der Waals surface area contributed by atoms with Gasteiger partial charge in [-0.2, -0.15) is 0 Å².